The van der Waals surface area contributed by atoms with Crippen LogP contribution in [-0.2, 0) is 16.0 Å². The summed E-state index contributed by atoms with van der Waals surface area (Å²) in [5, 5.41) is 0. The van der Waals surface area contributed by atoms with Crippen molar-refractivity contribution in [3.05, 3.63) is 65.2 Å². The zero-order valence-electron chi connectivity index (χ0n) is 16.6. The normalized spacial score (nSPS) is 11.6. The van der Waals surface area contributed by atoms with Crippen LogP contribution in [0.1, 0.15) is 40.1 Å². The maximum Gasteiger partial charge on any atom is 0.339 e. The first-order valence-corrected chi connectivity index (χ1v) is 10.1. The Morgan fingerprint density at radius 2 is 1.68 bits per heavy atom. The van der Waals surface area contributed by atoms with Crippen molar-refractivity contribution in [3.63, 3.8) is 0 Å². The SMILES string of the molecule is CCc1ccc(C(=O)C(C)OC(=O)c2ccccc2SCC(=O)N(C)C)cc1. The molecule has 6 heteroatoms. The van der Waals surface area contributed by atoms with Crippen molar-refractivity contribution in [2.45, 2.75) is 31.3 Å². The fraction of sp³-hybridized carbons (Fsp3) is 0.318. The summed E-state index contributed by atoms with van der Waals surface area (Å²) in [7, 11) is 3.37. The maximum atomic E-state index is 12.6. The van der Waals surface area contributed by atoms with E-state index in [4.69, 9.17) is 4.74 Å². The van der Waals surface area contributed by atoms with E-state index in [1.165, 1.54) is 16.7 Å². The molecule has 0 heterocycles. The van der Waals surface area contributed by atoms with Crippen molar-refractivity contribution in [1.82, 2.24) is 4.90 Å². The molecule has 0 saturated heterocycles. The Bertz CT molecular complexity index is 846. The largest absolute Gasteiger partial charge is 0.451 e. The van der Waals surface area contributed by atoms with Gasteiger partial charge in [0.25, 0.3) is 0 Å². The van der Waals surface area contributed by atoms with E-state index in [2.05, 4.69) is 0 Å². The summed E-state index contributed by atoms with van der Waals surface area (Å²) >= 11 is 1.27. The minimum atomic E-state index is -0.901. The lowest BCUT2D eigenvalue weighted by atomic mass is 10.0. The van der Waals surface area contributed by atoms with Gasteiger partial charge in [-0.2, -0.15) is 0 Å². The van der Waals surface area contributed by atoms with Gasteiger partial charge in [0.2, 0.25) is 11.7 Å². The standard InChI is InChI=1S/C22H25NO4S/c1-5-16-10-12-17(13-11-16)21(25)15(2)27-22(26)18-8-6-7-9-19(18)28-14-20(24)23(3)4/h6-13,15H,5,14H2,1-4H3. The third kappa shape index (κ3) is 5.70. The quantitative estimate of drug-likeness (QED) is 0.383. The third-order valence-electron chi connectivity index (χ3n) is 4.26. The summed E-state index contributed by atoms with van der Waals surface area (Å²) in [6.45, 7) is 3.61. The highest BCUT2D eigenvalue weighted by Crippen LogP contribution is 2.24. The molecule has 0 aliphatic rings. The number of thioether (sulfide) groups is 1. The predicted molar refractivity (Wildman–Crippen MR) is 111 cm³/mol. The van der Waals surface area contributed by atoms with E-state index in [0.29, 0.717) is 16.0 Å². The number of hydrogen-bond acceptors (Lipinski definition) is 5. The zero-order valence-corrected chi connectivity index (χ0v) is 17.4. The number of aryl methyl sites for hydroxylation is 1. The van der Waals surface area contributed by atoms with E-state index < -0.39 is 12.1 Å². The van der Waals surface area contributed by atoms with Gasteiger partial charge in [-0.15, -0.1) is 11.8 Å². The number of Topliss-reactive ketones (excluding diaryl/α,β-unsaturated/α-hetero) is 1. The van der Waals surface area contributed by atoms with Crippen LogP contribution in [0.2, 0.25) is 0 Å². The highest BCUT2D eigenvalue weighted by molar-refractivity contribution is 8.00. The number of esters is 1. The molecule has 5 nitrogen and oxygen atoms in total. The van der Waals surface area contributed by atoms with Gasteiger partial charge in [-0.05, 0) is 31.0 Å². The topological polar surface area (TPSA) is 63.7 Å². The highest BCUT2D eigenvalue weighted by atomic mass is 32.2. The summed E-state index contributed by atoms with van der Waals surface area (Å²) in [5.41, 5.74) is 2.00. The van der Waals surface area contributed by atoms with Gasteiger partial charge in [0.05, 0.1) is 11.3 Å². The van der Waals surface area contributed by atoms with Crippen LogP contribution in [0.4, 0.5) is 0 Å². The van der Waals surface area contributed by atoms with Gasteiger partial charge in [-0.1, -0.05) is 43.3 Å². The van der Waals surface area contributed by atoms with E-state index in [9.17, 15) is 14.4 Å². The number of ether oxygens (including phenoxy) is 1. The van der Waals surface area contributed by atoms with Crippen molar-refractivity contribution in [1.29, 1.82) is 0 Å². The minimum Gasteiger partial charge on any atom is -0.451 e. The molecule has 0 N–H and O–H groups in total. The molecule has 2 aromatic rings. The Hall–Kier alpha value is -2.60. The summed E-state index contributed by atoms with van der Waals surface area (Å²) in [6, 6.07) is 14.2. The van der Waals surface area contributed by atoms with Crippen molar-refractivity contribution in [2.75, 3.05) is 19.8 Å². The van der Waals surface area contributed by atoms with E-state index in [0.717, 1.165) is 12.0 Å². The molecular formula is C22H25NO4S. The van der Waals surface area contributed by atoms with Gasteiger partial charge in [0, 0.05) is 24.6 Å². The number of benzene rings is 2. The first kappa shape index (κ1) is 21.7. The number of ketones is 1. The molecule has 0 saturated carbocycles. The first-order valence-electron chi connectivity index (χ1n) is 9.09. The summed E-state index contributed by atoms with van der Waals surface area (Å²) in [6.07, 6.45) is -0.00880. The summed E-state index contributed by atoms with van der Waals surface area (Å²) in [5.74, 6) is -0.655. The smallest absolute Gasteiger partial charge is 0.339 e. The van der Waals surface area contributed by atoms with Crippen molar-refractivity contribution >= 4 is 29.4 Å². The molecule has 0 aromatic heterocycles. The minimum absolute atomic E-state index is 0.0488. The van der Waals surface area contributed by atoms with Crippen LogP contribution in [0.5, 0.6) is 0 Å². The number of amides is 1. The van der Waals surface area contributed by atoms with Gasteiger partial charge in [-0.25, -0.2) is 4.79 Å². The monoisotopic (exact) mass is 399 g/mol. The van der Waals surface area contributed by atoms with Crippen LogP contribution >= 0.6 is 11.8 Å². The third-order valence-corrected chi connectivity index (χ3v) is 5.31. The lowest BCUT2D eigenvalue weighted by Crippen LogP contribution is -2.25. The Balaban J connectivity index is 2.07. The molecule has 1 amide bonds. The summed E-state index contributed by atoms with van der Waals surface area (Å²) < 4.78 is 5.41. The lowest BCUT2D eigenvalue weighted by molar-refractivity contribution is -0.125. The zero-order chi connectivity index (χ0) is 20.7. The molecule has 0 aliphatic heterocycles. The number of rotatable bonds is 8. The van der Waals surface area contributed by atoms with Crippen LogP contribution in [-0.4, -0.2) is 48.5 Å². The molecule has 0 aliphatic carbocycles. The van der Waals surface area contributed by atoms with Gasteiger partial charge < -0.3 is 9.64 Å². The molecule has 0 radical (unpaired) electrons. The predicted octanol–water partition coefficient (Wildman–Crippen LogP) is 3.86. The van der Waals surface area contributed by atoms with Crippen molar-refractivity contribution in [3.8, 4) is 0 Å². The molecule has 1 unspecified atom stereocenters. The van der Waals surface area contributed by atoms with Crippen LogP contribution < -0.4 is 0 Å². The van der Waals surface area contributed by atoms with Gasteiger partial charge in [0.1, 0.15) is 0 Å². The number of carbonyl (C=O) groups is 3. The molecule has 148 valence electrons. The molecule has 28 heavy (non-hydrogen) atoms. The van der Waals surface area contributed by atoms with E-state index in [1.807, 2.05) is 19.1 Å². The second-order valence-corrected chi connectivity index (χ2v) is 7.55. The molecular weight excluding hydrogens is 374 g/mol. The van der Waals surface area contributed by atoms with Gasteiger partial charge in [0.15, 0.2) is 6.10 Å². The van der Waals surface area contributed by atoms with Crippen molar-refractivity contribution in [2.24, 2.45) is 0 Å². The Kier molecular flexibility index (Phi) is 7.81. The van der Waals surface area contributed by atoms with E-state index in [1.54, 1.807) is 57.4 Å². The van der Waals surface area contributed by atoms with E-state index >= 15 is 0 Å². The molecule has 1 atom stereocenters. The molecule has 0 bridgehead atoms. The Morgan fingerprint density at radius 3 is 2.29 bits per heavy atom. The van der Waals surface area contributed by atoms with E-state index in [-0.39, 0.29) is 17.4 Å². The molecule has 0 fully saturated rings. The average Bonchev–Trinajstić information content (AvgIpc) is 2.71. The number of carbonyl (C=O) groups excluding carboxylic acids is 3. The summed E-state index contributed by atoms with van der Waals surface area (Å²) in [4.78, 5) is 39.1. The van der Waals surface area contributed by atoms with Crippen LogP contribution in [0.25, 0.3) is 0 Å². The number of hydrogen-bond donors (Lipinski definition) is 0. The second kappa shape index (κ2) is 10.1. The fourth-order valence-corrected chi connectivity index (χ4v) is 3.47. The van der Waals surface area contributed by atoms with Gasteiger partial charge in [-0.3, -0.25) is 9.59 Å². The molecule has 0 spiro atoms. The van der Waals surface area contributed by atoms with Crippen molar-refractivity contribution < 1.29 is 19.1 Å². The lowest BCUT2D eigenvalue weighted by Gasteiger charge is -2.15. The molecule has 2 rings (SSSR count). The average molecular weight is 400 g/mol. The maximum absolute atomic E-state index is 12.6. The van der Waals surface area contributed by atoms with Crippen LogP contribution in [0.3, 0.4) is 0 Å². The molecule has 2 aromatic carbocycles. The fourth-order valence-electron chi connectivity index (χ4n) is 2.45. The Morgan fingerprint density at radius 1 is 1.04 bits per heavy atom. The first-order chi connectivity index (χ1) is 13.3. The Labute approximate surface area is 170 Å². The highest BCUT2D eigenvalue weighted by Gasteiger charge is 2.22. The van der Waals surface area contributed by atoms with Crippen LogP contribution in [0.15, 0.2) is 53.4 Å². The van der Waals surface area contributed by atoms with Gasteiger partial charge >= 0.3 is 5.97 Å². The second-order valence-electron chi connectivity index (χ2n) is 6.54. The van der Waals surface area contributed by atoms with Crippen LogP contribution in [0, 0.1) is 0 Å². The number of nitrogens with zero attached hydrogens (tertiary/aromatic N) is 1.